The van der Waals surface area contributed by atoms with Gasteiger partial charge in [-0.1, -0.05) is 54.2 Å². The third kappa shape index (κ3) is 1.46. The molecule has 0 amide bonds. The molecule has 4 rings (SSSR count). The molecule has 0 radical (unpaired) electrons. The summed E-state index contributed by atoms with van der Waals surface area (Å²) in [5, 5.41) is 0. The van der Waals surface area contributed by atoms with Gasteiger partial charge in [0.15, 0.2) is 0 Å². The average molecular weight is 254 g/mol. The number of hydrogen-bond donors (Lipinski definition) is 0. The maximum Gasteiger partial charge on any atom is 0.144 e. The first-order valence-corrected chi connectivity index (χ1v) is 7.18. The molecule has 0 fully saturated rings. The second-order valence-electron chi connectivity index (χ2n) is 4.91. The first-order chi connectivity index (χ1) is 8.87. The van der Waals surface area contributed by atoms with Gasteiger partial charge in [0.1, 0.15) is 4.93 Å². The molecule has 1 atom stereocenters. The van der Waals surface area contributed by atoms with Crippen molar-refractivity contribution in [3.63, 3.8) is 0 Å². The second kappa shape index (κ2) is 3.87. The number of hydrogen-bond acceptors (Lipinski definition) is 2. The Bertz CT molecular complexity index is 608. The Morgan fingerprint density at radius 1 is 0.944 bits per heavy atom. The van der Waals surface area contributed by atoms with Gasteiger partial charge in [0.25, 0.3) is 0 Å². The van der Waals surface area contributed by atoms with Crippen LogP contribution in [0.1, 0.15) is 23.1 Å². The van der Waals surface area contributed by atoms with Gasteiger partial charge in [-0.3, -0.25) is 0 Å². The van der Waals surface area contributed by atoms with Crippen LogP contribution < -0.4 is 0 Å². The number of aryl methyl sites for hydroxylation is 1. The van der Waals surface area contributed by atoms with E-state index in [1.54, 1.807) is 0 Å². The van der Waals surface area contributed by atoms with Gasteiger partial charge in [-0.2, -0.15) is 0 Å². The van der Waals surface area contributed by atoms with Crippen LogP contribution in [0.5, 0.6) is 0 Å². The lowest BCUT2D eigenvalue weighted by Crippen LogP contribution is -2.26. The highest BCUT2D eigenvalue weighted by Crippen LogP contribution is 2.54. The van der Waals surface area contributed by atoms with Crippen molar-refractivity contribution in [1.29, 1.82) is 0 Å². The maximum atomic E-state index is 6.24. The van der Waals surface area contributed by atoms with Crippen molar-refractivity contribution in [3.05, 3.63) is 65.2 Å². The van der Waals surface area contributed by atoms with E-state index in [4.69, 9.17) is 4.74 Å². The number of benzene rings is 2. The number of rotatable bonds is 0. The van der Waals surface area contributed by atoms with Crippen LogP contribution in [0.25, 0.3) is 0 Å². The van der Waals surface area contributed by atoms with Crippen molar-refractivity contribution in [3.8, 4) is 0 Å². The third-order valence-corrected chi connectivity index (χ3v) is 5.35. The Kier molecular flexibility index (Phi) is 2.29. The summed E-state index contributed by atoms with van der Waals surface area (Å²) < 4.78 is 6.24. The van der Waals surface area contributed by atoms with Crippen molar-refractivity contribution < 1.29 is 4.74 Å². The van der Waals surface area contributed by atoms with Gasteiger partial charge in [0, 0.05) is 4.90 Å². The summed E-state index contributed by atoms with van der Waals surface area (Å²) in [5.41, 5.74) is 4.14. The van der Waals surface area contributed by atoms with Crippen LogP contribution in [0.3, 0.4) is 0 Å². The molecule has 2 aromatic carbocycles. The van der Waals surface area contributed by atoms with Crippen LogP contribution >= 0.6 is 11.8 Å². The zero-order chi connectivity index (χ0) is 12.0. The Morgan fingerprint density at radius 3 is 2.67 bits per heavy atom. The van der Waals surface area contributed by atoms with Crippen molar-refractivity contribution in [2.45, 2.75) is 29.3 Å². The van der Waals surface area contributed by atoms with Crippen molar-refractivity contribution in [2.75, 3.05) is 0 Å². The van der Waals surface area contributed by atoms with Gasteiger partial charge < -0.3 is 4.74 Å². The van der Waals surface area contributed by atoms with Gasteiger partial charge in [-0.05, 0) is 35.6 Å². The number of fused-ring (bicyclic) bond motifs is 3. The summed E-state index contributed by atoms with van der Waals surface area (Å²) >= 11 is 1.89. The van der Waals surface area contributed by atoms with E-state index < -0.39 is 0 Å². The third-order valence-electron chi connectivity index (χ3n) is 3.86. The molecule has 2 aliphatic rings. The quantitative estimate of drug-likeness (QED) is 0.699. The van der Waals surface area contributed by atoms with Gasteiger partial charge in [-0.15, -0.1) is 0 Å². The van der Waals surface area contributed by atoms with Gasteiger partial charge in [0.05, 0.1) is 6.61 Å². The number of thioether (sulfide) groups is 1. The highest BCUT2D eigenvalue weighted by Gasteiger charge is 2.43. The number of ether oxygens (including phenoxy) is 1. The largest absolute Gasteiger partial charge is 0.355 e. The fourth-order valence-corrected chi connectivity index (χ4v) is 4.31. The first-order valence-electron chi connectivity index (χ1n) is 6.37. The van der Waals surface area contributed by atoms with Crippen LogP contribution in [0.4, 0.5) is 0 Å². The van der Waals surface area contributed by atoms with Gasteiger partial charge in [-0.25, -0.2) is 0 Å². The average Bonchev–Trinajstić information content (AvgIpc) is 2.78. The molecule has 1 aliphatic carbocycles. The zero-order valence-electron chi connectivity index (χ0n) is 10.1. The summed E-state index contributed by atoms with van der Waals surface area (Å²) in [6.45, 7) is 0.734. The minimum absolute atomic E-state index is 0.134. The maximum absolute atomic E-state index is 6.24. The highest BCUT2D eigenvalue weighted by atomic mass is 32.2. The molecule has 1 nitrogen and oxygen atoms in total. The lowest BCUT2D eigenvalue weighted by atomic mass is 10.1. The summed E-state index contributed by atoms with van der Waals surface area (Å²) in [4.78, 5) is 1.24. The van der Waals surface area contributed by atoms with Crippen LogP contribution in [0.2, 0.25) is 0 Å². The molecule has 0 N–H and O–H groups in total. The van der Waals surface area contributed by atoms with Crippen molar-refractivity contribution in [1.82, 2.24) is 0 Å². The molecular weight excluding hydrogens is 240 g/mol. The van der Waals surface area contributed by atoms with E-state index in [1.807, 2.05) is 11.8 Å². The summed E-state index contributed by atoms with van der Waals surface area (Å²) in [5.74, 6) is 0. The lowest BCUT2D eigenvalue weighted by molar-refractivity contribution is 0.00557. The van der Waals surface area contributed by atoms with E-state index >= 15 is 0 Å². The Balaban J connectivity index is 1.81. The van der Waals surface area contributed by atoms with Crippen LogP contribution in [-0.4, -0.2) is 0 Å². The Morgan fingerprint density at radius 2 is 1.72 bits per heavy atom. The standard InChI is InChI=1S/C16H14OS/c1-3-7-14-12(5-1)9-10-16(14)17-11-13-6-2-4-8-15(13)18-16/h1-8H,9-11H2. The van der Waals surface area contributed by atoms with E-state index in [1.165, 1.54) is 21.6 Å². The fourth-order valence-electron chi connectivity index (χ4n) is 2.92. The fraction of sp³-hybridized carbons (Fsp3) is 0.250. The molecule has 1 aliphatic heterocycles. The Hall–Kier alpha value is -1.25. The molecule has 90 valence electrons. The molecule has 1 unspecified atom stereocenters. The highest BCUT2D eigenvalue weighted by molar-refractivity contribution is 8.00. The summed E-state index contributed by atoms with van der Waals surface area (Å²) in [6.07, 6.45) is 2.22. The van der Waals surface area contributed by atoms with E-state index in [2.05, 4.69) is 48.5 Å². The smallest absolute Gasteiger partial charge is 0.144 e. The Labute approximate surface area is 111 Å². The molecule has 0 aromatic heterocycles. The SMILES string of the molecule is c1ccc2c(c1)COC1(CCc3ccccc31)S2. The minimum Gasteiger partial charge on any atom is -0.355 e. The van der Waals surface area contributed by atoms with Crippen molar-refractivity contribution in [2.24, 2.45) is 0 Å². The monoisotopic (exact) mass is 254 g/mol. The molecular formula is C16H14OS. The lowest BCUT2D eigenvalue weighted by Gasteiger charge is -2.35. The predicted molar refractivity (Wildman–Crippen MR) is 73.5 cm³/mol. The minimum atomic E-state index is -0.134. The molecule has 1 spiro atoms. The predicted octanol–water partition coefficient (Wildman–Crippen LogP) is 4.11. The summed E-state index contributed by atoms with van der Waals surface area (Å²) in [7, 11) is 0. The molecule has 2 heteroatoms. The first kappa shape index (κ1) is 10.7. The van der Waals surface area contributed by atoms with Crippen molar-refractivity contribution >= 4 is 11.8 Å². The second-order valence-corrected chi connectivity index (χ2v) is 6.21. The molecule has 18 heavy (non-hydrogen) atoms. The summed E-state index contributed by atoms with van der Waals surface area (Å²) in [6, 6.07) is 17.3. The normalized spacial score (nSPS) is 24.9. The van der Waals surface area contributed by atoms with Gasteiger partial charge >= 0.3 is 0 Å². The molecule has 0 bridgehead atoms. The van der Waals surface area contributed by atoms with Crippen LogP contribution in [-0.2, 0) is 22.7 Å². The van der Waals surface area contributed by atoms with Gasteiger partial charge in [0.2, 0.25) is 0 Å². The molecule has 0 saturated carbocycles. The van der Waals surface area contributed by atoms with Crippen LogP contribution in [0.15, 0.2) is 53.4 Å². The van der Waals surface area contributed by atoms with E-state index in [-0.39, 0.29) is 4.93 Å². The molecule has 2 aromatic rings. The topological polar surface area (TPSA) is 9.23 Å². The molecule has 1 heterocycles. The van der Waals surface area contributed by atoms with E-state index in [0.29, 0.717) is 0 Å². The van der Waals surface area contributed by atoms with E-state index in [9.17, 15) is 0 Å². The van der Waals surface area contributed by atoms with E-state index in [0.717, 1.165) is 19.4 Å². The molecule has 0 saturated heterocycles. The zero-order valence-corrected chi connectivity index (χ0v) is 10.9. The van der Waals surface area contributed by atoms with Crippen LogP contribution in [0, 0.1) is 0 Å².